The molecular weight excluding hydrogens is 280 g/mol. The van der Waals surface area contributed by atoms with Crippen LogP contribution in [-0.2, 0) is 23.7 Å². The van der Waals surface area contributed by atoms with Crippen LogP contribution in [0.15, 0.2) is 0 Å². The van der Waals surface area contributed by atoms with Crippen molar-refractivity contribution in [1.29, 1.82) is 0 Å². The third-order valence-corrected chi connectivity index (χ3v) is 2.66. The van der Waals surface area contributed by atoms with Crippen molar-refractivity contribution in [3.8, 4) is 0 Å². The Morgan fingerprint density at radius 1 is 1.05 bits per heavy atom. The molecule has 7 nitrogen and oxygen atoms in total. The van der Waals surface area contributed by atoms with Crippen LogP contribution < -0.4 is 0 Å². The predicted octanol–water partition coefficient (Wildman–Crippen LogP) is 1.94. The van der Waals surface area contributed by atoms with Crippen LogP contribution in [-0.4, -0.2) is 70.7 Å². The fraction of sp³-hybridized carbons (Fsp3) is 0.929. The molecular formula is C14H28O7. The van der Waals surface area contributed by atoms with Crippen LogP contribution in [0.3, 0.4) is 0 Å². The lowest BCUT2D eigenvalue weighted by atomic mass is 10.2. The molecule has 0 bridgehead atoms. The van der Waals surface area contributed by atoms with Crippen LogP contribution in [0, 0.1) is 0 Å². The number of unbranched alkanes of at least 4 members (excludes halogenated alkanes) is 1. The molecule has 0 fully saturated rings. The molecule has 0 aliphatic rings. The zero-order valence-electron chi connectivity index (χ0n) is 13.0. The van der Waals surface area contributed by atoms with Gasteiger partial charge in [0.25, 0.3) is 0 Å². The standard InChI is InChI=1S/C14H28O7/c1-3-4-5-13(12-21-14(15)16)20-11-10-19-9-8-18-7-6-17-2/h13H,3-12H2,1-2H3,(H,15,16). The maximum atomic E-state index is 10.4. The molecule has 0 radical (unpaired) electrons. The third kappa shape index (κ3) is 15.3. The van der Waals surface area contributed by atoms with E-state index < -0.39 is 6.16 Å². The molecule has 0 saturated carbocycles. The van der Waals surface area contributed by atoms with E-state index in [1.807, 2.05) is 0 Å². The van der Waals surface area contributed by atoms with Crippen molar-refractivity contribution in [1.82, 2.24) is 0 Å². The molecule has 0 amide bonds. The molecule has 0 aliphatic carbocycles. The Morgan fingerprint density at radius 3 is 2.24 bits per heavy atom. The molecule has 1 atom stereocenters. The van der Waals surface area contributed by atoms with E-state index in [-0.39, 0.29) is 12.7 Å². The van der Waals surface area contributed by atoms with Crippen LogP contribution in [0.5, 0.6) is 0 Å². The summed E-state index contributed by atoms with van der Waals surface area (Å²) < 4.78 is 25.6. The van der Waals surface area contributed by atoms with E-state index >= 15 is 0 Å². The van der Waals surface area contributed by atoms with Gasteiger partial charge in [-0.1, -0.05) is 19.8 Å². The lowest BCUT2D eigenvalue weighted by molar-refractivity contribution is -0.0416. The zero-order chi connectivity index (χ0) is 15.8. The summed E-state index contributed by atoms with van der Waals surface area (Å²) >= 11 is 0. The number of hydrogen-bond acceptors (Lipinski definition) is 6. The summed E-state index contributed by atoms with van der Waals surface area (Å²) in [4.78, 5) is 10.4. The molecule has 0 aliphatic heterocycles. The van der Waals surface area contributed by atoms with Gasteiger partial charge in [0.15, 0.2) is 0 Å². The molecule has 0 aromatic heterocycles. The van der Waals surface area contributed by atoms with Crippen LogP contribution in [0.4, 0.5) is 4.79 Å². The van der Waals surface area contributed by atoms with Gasteiger partial charge in [-0.3, -0.25) is 0 Å². The van der Waals surface area contributed by atoms with E-state index in [0.29, 0.717) is 39.6 Å². The third-order valence-electron chi connectivity index (χ3n) is 2.66. The van der Waals surface area contributed by atoms with Crippen LogP contribution in [0.1, 0.15) is 26.2 Å². The molecule has 21 heavy (non-hydrogen) atoms. The van der Waals surface area contributed by atoms with Gasteiger partial charge in [-0.2, -0.15) is 0 Å². The Hall–Kier alpha value is -0.890. The van der Waals surface area contributed by atoms with Crippen LogP contribution >= 0.6 is 0 Å². The molecule has 126 valence electrons. The maximum Gasteiger partial charge on any atom is 0.505 e. The van der Waals surface area contributed by atoms with Crippen LogP contribution in [0.2, 0.25) is 0 Å². The topological polar surface area (TPSA) is 83.5 Å². The van der Waals surface area contributed by atoms with Gasteiger partial charge in [0.2, 0.25) is 0 Å². The summed E-state index contributed by atoms with van der Waals surface area (Å²) in [7, 11) is 1.63. The normalized spacial score (nSPS) is 12.3. The molecule has 1 unspecified atom stereocenters. The van der Waals surface area contributed by atoms with Gasteiger partial charge in [-0.25, -0.2) is 4.79 Å². The van der Waals surface area contributed by atoms with Gasteiger partial charge in [0, 0.05) is 7.11 Å². The summed E-state index contributed by atoms with van der Waals surface area (Å²) in [6, 6.07) is 0. The smallest absolute Gasteiger partial charge is 0.450 e. The summed E-state index contributed by atoms with van der Waals surface area (Å²) in [5, 5.41) is 8.49. The Morgan fingerprint density at radius 2 is 1.67 bits per heavy atom. The van der Waals surface area contributed by atoms with Gasteiger partial charge in [-0.15, -0.1) is 0 Å². The van der Waals surface area contributed by atoms with Crippen molar-refractivity contribution in [2.75, 3.05) is 53.4 Å². The highest BCUT2D eigenvalue weighted by atomic mass is 16.7. The van der Waals surface area contributed by atoms with E-state index in [2.05, 4.69) is 11.7 Å². The second kappa shape index (κ2) is 15.5. The minimum Gasteiger partial charge on any atom is -0.450 e. The molecule has 0 rings (SSSR count). The van der Waals surface area contributed by atoms with E-state index in [4.69, 9.17) is 24.1 Å². The first kappa shape index (κ1) is 20.1. The first-order valence-electron chi connectivity index (χ1n) is 7.32. The van der Waals surface area contributed by atoms with Crippen molar-refractivity contribution in [3.63, 3.8) is 0 Å². The monoisotopic (exact) mass is 308 g/mol. The second-order valence-electron chi connectivity index (χ2n) is 4.43. The number of carboxylic acid groups (broad SMARTS) is 1. The van der Waals surface area contributed by atoms with Gasteiger partial charge >= 0.3 is 6.16 Å². The van der Waals surface area contributed by atoms with Gasteiger partial charge in [0.05, 0.1) is 45.7 Å². The lowest BCUT2D eigenvalue weighted by Crippen LogP contribution is -2.24. The van der Waals surface area contributed by atoms with Gasteiger partial charge < -0.3 is 28.8 Å². The highest BCUT2D eigenvalue weighted by Gasteiger charge is 2.11. The summed E-state index contributed by atoms with van der Waals surface area (Å²) in [6.07, 6.45) is 1.31. The lowest BCUT2D eigenvalue weighted by Gasteiger charge is -2.16. The highest BCUT2D eigenvalue weighted by Crippen LogP contribution is 2.06. The number of methoxy groups -OCH3 is 1. The number of carbonyl (C=O) groups is 1. The minimum absolute atomic E-state index is 0.0649. The number of ether oxygens (including phenoxy) is 5. The van der Waals surface area contributed by atoms with Gasteiger partial charge in [-0.05, 0) is 6.42 Å². The second-order valence-corrected chi connectivity index (χ2v) is 4.43. The number of rotatable bonds is 15. The fourth-order valence-electron chi connectivity index (χ4n) is 1.55. The average Bonchev–Trinajstić information content (AvgIpc) is 2.47. The summed E-state index contributed by atoms with van der Waals surface area (Å²) in [6.45, 7) is 5.15. The molecule has 0 aromatic carbocycles. The van der Waals surface area contributed by atoms with Gasteiger partial charge in [0.1, 0.15) is 6.61 Å². The molecule has 7 heteroatoms. The van der Waals surface area contributed by atoms with Crippen molar-refractivity contribution < 1.29 is 33.6 Å². The molecule has 0 spiro atoms. The van der Waals surface area contributed by atoms with E-state index in [1.165, 1.54) is 0 Å². The van der Waals surface area contributed by atoms with Crippen molar-refractivity contribution in [3.05, 3.63) is 0 Å². The fourth-order valence-corrected chi connectivity index (χ4v) is 1.55. The highest BCUT2D eigenvalue weighted by molar-refractivity contribution is 5.56. The SMILES string of the molecule is CCCCC(COC(=O)O)OCCOCCOCCOC. The molecule has 0 saturated heterocycles. The van der Waals surface area contributed by atoms with E-state index in [1.54, 1.807) is 7.11 Å². The van der Waals surface area contributed by atoms with Crippen molar-refractivity contribution in [2.45, 2.75) is 32.3 Å². The predicted molar refractivity (Wildman–Crippen MR) is 76.8 cm³/mol. The molecule has 0 aromatic rings. The van der Waals surface area contributed by atoms with E-state index in [9.17, 15) is 4.79 Å². The summed E-state index contributed by atoms with van der Waals surface area (Å²) in [5.74, 6) is 0. The van der Waals surface area contributed by atoms with Crippen LogP contribution in [0.25, 0.3) is 0 Å². The van der Waals surface area contributed by atoms with E-state index in [0.717, 1.165) is 19.3 Å². The zero-order valence-corrected chi connectivity index (χ0v) is 13.0. The largest absolute Gasteiger partial charge is 0.505 e. The quantitative estimate of drug-likeness (QED) is 0.365. The Labute approximate surface area is 126 Å². The van der Waals surface area contributed by atoms with Crippen molar-refractivity contribution >= 4 is 6.16 Å². The summed E-state index contributed by atoms with van der Waals surface area (Å²) in [5.41, 5.74) is 0. The molecule has 0 heterocycles. The average molecular weight is 308 g/mol. The first-order valence-corrected chi connectivity index (χ1v) is 7.32. The first-order chi connectivity index (χ1) is 10.2. The molecule has 1 N–H and O–H groups in total. The minimum atomic E-state index is -1.27. The Balaban J connectivity index is 3.51. The maximum absolute atomic E-state index is 10.4. The Bertz CT molecular complexity index is 235. The van der Waals surface area contributed by atoms with Crippen molar-refractivity contribution in [2.24, 2.45) is 0 Å². The Kier molecular flexibility index (Phi) is 14.8. The number of hydrogen-bond donors (Lipinski definition) is 1.